The van der Waals surface area contributed by atoms with Gasteiger partial charge in [0, 0.05) is 10.6 Å². The van der Waals surface area contributed by atoms with Gasteiger partial charge in [-0.2, -0.15) is 0 Å². The monoisotopic (exact) mass is 388 g/mol. The van der Waals surface area contributed by atoms with E-state index in [-0.39, 0.29) is 6.04 Å². The lowest BCUT2D eigenvalue weighted by Crippen LogP contribution is -2.20. The molecular weight excluding hydrogens is 372 g/mol. The summed E-state index contributed by atoms with van der Waals surface area (Å²) in [5.74, 6) is 0. The smallest absolute Gasteiger partial charge is 0.240 e. The summed E-state index contributed by atoms with van der Waals surface area (Å²) in [5, 5.41) is 3.33. The Balaban J connectivity index is 2.28. The van der Waals surface area contributed by atoms with Gasteiger partial charge in [-0.1, -0.05) is 6.07 Å². The normalized spacial score (nSPS) is 13.1. The number of benzene rings is 1. The average Bonchev–Trinajstić information content (AvgIpc) is 2.87. The molecule has 1 unspecified atom stereocenters. The molecule has 0 radical (unpaired) electrons. The average molecular weight is 389 g/mol. The first kappa shape index (κ1) is 16.5. The maximum atomic E-state index is 12.0. The van der Waals surface area contributed by atoms with Crippen molar-refractivity contribution >= 4 is 43.0 Å². The molecule has 1 aromatic carbocycles. The van der Waals surface area contributed by atoms with Crippen LogP contribution >= 0.6 is 27.3 Å². The number of halogens is 1. The molecule has 0 aliphatic rings. The Morgan fingerprint density at radius 3 is 2.52 bits per heavy atom. The van der Waals surface area contributed by atoms with E-state index in [4.69, 9.17) is 0 Å². The number of thiophene rings is 1. The number of anilines is 1. The van der Waals surface area contributed by atoms with Crippen LogP contribution in [0.4, 0.5) is 5.69 Å². The van der Waals surface area contributed by atoms with Crippen LogP contribution in [0.25, 0.3) is 0 Å². The second-order valence-corrected chi connectivity index (χ2v) is 9.05. The van der Waals surface area contributed by atoms with Crippen LogP contribution in [0.3, 0.4) is 0 Å². The highest BCUT2D eigenvalue weighted by molar-refractivity contribution is 9.11. The van der Waals surface area contributed by atoms with Crippen molar-refractivity contribution in [3.63, 3.8) is 0 Å². The molecule has 2 N–H and O–H groups in total. The molecule has 7 heteroatoms. The topological polar surface area (TPSA) is 58.2 Å². The lowest BCUT2D eigenvalue weighted by molar-refractivity contribution is 0.587. The van der Waals surface area contributed by atoms with Gasteiger partial charge in [0.15, 0.2) is 0 Å². The zero-order valence-electron chi connectivity index (χ0n) is 12.0. The summed E-state index contributed by atoms with van der Waals surface area (Å²) in [5.41, 5.74) is 1.51. The van der Waals surface area contributed by atoms with Crippen molar-refractivity contribution in [2.45, 2.75) is 24.8 Å². The number of sulfonamides is 1. The molecule has 2 rings (SSSR count). The third-order valence-electron chi connectivity index (χ3n) is 3.15. The Morgan fingerprint density at radius 1 is 1.24 bits per heavy atom. The van der Waals surface area contributed by atoms with E-state index in [0.29, 0.717) is 4.90 Å². The third kappa shape index (κ3) is 3.85. The van der Waals surface area contributed by atoms with E-state index in [9.17, 15) is 8.42 Å². The minimum absolute atomic E-state index is 0.106. The van der Waals surface area contributed by atoms with Crippen LogP contribution in [0.5, 0.6) is 0 Å². The van der Waals surface area contributed by atoms with Gasteiger partial charge in [-0.15, -0.1) is 11.3 Å². The lowest BCUT2D eigenvalue weighted by Gasteiger charge is -2.15. The summed E-state index contributed by atoms with van der Waals surface area (Å²) >= 11 is 5.10. The van der Waals surface area contributed by atoms with Crippen molar-refractivity contribution in [3.05, 3.63) is 44.6 Å². The van der Waals surface area contributed by atoms with Crippen molar-refractivity contribution in [2.75, 3.05) is 12.4 Å². The van der Waals surface area contributed by atoms with Crippen LogP contribution in [-0.4, -0.2) is 15.5 Å². The molecule has 0 aliphatic carbocycles. The van der Waals surface area contributed by atoms with Gasteiger partial charge < -0.3 is 5.32 Å². The Hall–Kier alpha value is -0.890. The molecule has 0 aliphatic heterocycles. The molecule has 0 amide bonds. The molecule has 0 bridgehead atoms. The van der Waals surface area contributed by atoms with E-state index in [1.54, 1.807) is 24.3 Å². The molecular formula is C14H17BrN2O2S2. The molecule has 1 aromatic heterocycles. The molecule has 1 heterocycles. The Labute approximate surface area is 137 Å². The van der Waals surface area contributed by atoms with E-state index < -0.39 is 10.0 Å². The van der Waals surface area contributed by atoms with E-state index in [2.05, 4.69) is 26.0 Å². The maximum Gasteiger partial charge on any atom is 0.240 e. The van der Waals surface area contributed by atoms with Crippen molar-refractivity contribution in [1.29, 1.82) is 0 Å². The first-order chi connectivity index (χ1) is 9.83. The Kier molecular flexibility index (Phi) is 5.08. The lowest BCUT2D eigenvalue weighted by atomic mass is 10.2. The van der Waals surface area contributed by atoms with Crippen LogP contribution in [0, 0.1) is 6.92 Å². The second kappa shape index (κ2) is 6.48. The Morgan fingerprint density at radius 2 is 1.95 bits per heavy atom. The molecule has 1 atom stereocenters. The van der Waals surface area contributed by atoms with Crippen molar-refractivity contribution in [2.24, 2.45) is 0 Å². The molecule has 2 aromatic rings. The number of aryl methyl sites for hydroxylation is 1. The van der Waals surface area contributed by atoms with Gasteiger partial charge in [-0.3, -0.25) is 0 Å². The first-order valence-corrected chi connectivity index (χ1v) is 9.48. The van der Waals surface area contributed by atoms with Crippen LogP contribution in [0.15, 0.2) is 39.0 Å². The highest BCUT2D eigenvalue weighted by Gasteiger charge is 2.16. The van der Waals surface area contributed by atoms with Gasteiger partial charge in [0.2, 0.25) is 10.0 Å². The summed E-state index contributed by atoms with van der Waals surface area (Å²) in [4.78, 5) is 1.48. The summed E-state index contributed by atoms with van der Waals surface area (Å²) in [6.07, 6.45) is 0. The largest absolute Gasteiger partial charge is 0.378 e. The fraction of sp³-hybridized carbons (Fsp3) is 0.286. The fourth-order valence-electron chi connectivity index (χ4n) is 1.97. The van der Waals surface area contributed by atoms with Crippen LogP contribution in [-0.2, 0) is 10.0 Å². The minimum atomic E-state index is -3.44. The Bertz CT molecular complexity index is 741. The van der Waals surface area contributed by atoms with Crippen LogP contribution < -0.4 is 10.0 Å². The third-order valence-corrected chi connectivity index (χ3v) is 6.51. The zero-order valence-corrected chi connectivity index (χ0v) is 15.2. The van der Waals surface area contributed by atoms with Crippen molar-refractivity contribution in [3.8, 4) is 0 Å². The quantitative estimate of drug-likeness (QED) is 0.816. The zero-order chi connectivity index (χ0) is 15.6. The molecule has 21 heavy (non-hydrogen) atoms. The summed E-state index contributed by atoms with van der Waals surface area (Å²) in [6, 6.07) is 9.53. The predicted octanol–water partition coefficient (Wildman–Crippen LogP) is 3.90. The molecule has 4 nitrogen and oxygen atoms in total. The molecule has 0 spiro atoms. The highest BCUT2D eigenvalue weighted by Crippen LogP contribution is 2.30. The summed E-state index contributed by atoms with van der Waals surface area (Å²) < 4.78 is 27.4. The standard InChI is InChI=1S/C14H17BrN2O2S2/c1-9-4-5-11(8-13(9)21(18,19)16-3)17-10(2)12-6-7-14(15)20-12/h4-8,10,16-17H,1-3H3. The second-order valence-electron chi connectivity index (χ2n) is 4.70. The van der Waals surface area contributed by atoms with E-state index in [0.717, 1.165) is 15.0 Å². The molecule has 0 saturated heterocycles. The maximum absolute atomic E-state index is 12.0. The summed E-state index contributed by atoms with van der Waals surface area (Å²) in [7, 11) is -2.03. The predicted molar refractivity (Wildman–Crippen MR) is 91.5 cm³/mol. The van der Waals surface area contributed by atoms with Gasteiger partial charge >= 0.3 is 0 Å². The van der Waals surface area contributed by atoms with Gasteiger partial charge in [0.05, 0.1) is 14.7 Å². The van der Waals surface area contributed by atoms with Gasteiger partial charge in [0.1, 0.15) is 0 Å². The van der Waals surface area contributed by atoms with Crippen molar-refractivity contribution < 1.29 is 8.42 Å². The van der Waals surface area contributed by atoms with Crippen LogP contribution in [0.2, 0.25) is 0 Å². The van der Waals surface area contributed by atoms with E-state index >= 15 is 0 Å². The van der Waals surface area contributed by atoms with Gasteiger partial charge in [-0.05, 0) is 66.7 Å². The molecule has 0 saturated carbocycles. The molecule has 114 valence electrons. The van der Waals surface area contributed by atoms with Gasteiger partial charge in [-0.25, -0.2) is 13.1 Å². The van der Waals surface area contributed by atoms with E-state index in [1.807, 2.05) is 31.2 Å². The number of hydrogen-bond acceptors (Lipinski definition) is 4. The number of hydrogen-bond donors (Lipinski definition) is 2. The SMILES string of the molecule is CNS(=O)(=O)c1cc(NC(C)c2ccc(Br)s2)ccc1C. The van der Waals surface area contributed by atoms with Gasteiger partial charge in [0.25, 0.3) is 0 Å². The first-order valence-electron chi connectivity index (χ1n) is 6.39. The number of nitrogens with one attached hydrogen (secondary N) is 2. The minimum Gasteiger partial charge on any atom is -0.378 e. The van der Waals surface area contributed by atoms with Crippen LogP contribution in [0.1, 0.15) is 23.4 Å². The summed E-state index contributed by atoms with van der Waals surface area (Å²) in [6.45, 7) is 3.83. The number of rotatable bonds is 5. The van der Waals surface area contributed by atoms with E-state index in [1.165, 1.54) is 11.9 Å². The fourth-order valence-corrected chi connectivity index (χ4v) is 4.39. The highest BCUT2D eigenvalue weighted by atomic mass is 79.9. The molecule has 0 fully saturated rings. The van der Waals surface area contributed by atoms with Crippen molar-refractivity contribution in [1.82, 2.24) is 4.72 Å².